The van der Waals surface area contributed by atoms with Gasteiger partial charge in [-0.25, -0.2) is 4.68 Å². The Balaban J connectivity index is 1.83. The minimum atomic E-state index is 0.481. The lowest BCUT2D eigenvalue weighted by Crippen LogP contribution is -2.29. The Morgan fingerprint density at radius 2 is 2.18 bits per heavy atom. The molecule has 2 aromatic heterocycles. The minimum absolute atomic E-state index is 0.481. The van der Waals surface area contributed by atoms with E-state index in [0.29, 0.717) is 6.04 Å². The summed E-state index contributed by atoms with van der Waals surface area (Å²) in [6.07, 6.45) is 7.84. The number of pyridine rings is 1. The van der Waals surface area contributed by atoms with Crippen LogP contribution in [0.25, 0.3) is 11.3 Å². The van der Waals surface area contributed by atoms with Crippen LogP contribution in [0.1, 0.15) is 18.9 Å². The Labute approximate surface area is 99.9 Å². The maximum absolute atomic E-state index is 4.23. The Bertz CT molecular complexity index is 473. The van der Waals surface area contributed by atoms with Gasteiger partial charge in [-0.05, 0) is 38.1 Å². The van der Waals surface area contributed by atoms with Crippen molar-refractivity contribution in [1.82, 2.24) is 25.3 Å². The predicted molar refractivity (Wildman–Crippen MR) is 64.4 cm³/mol. The molecule has 88 valence electrons. The standard InChI is InChI=1S/C12H15N5/c1-2-10(8-14-5-1)12-9-17(16-15-12)11-3-6-13-7-4-11/h1-2,5,8-9,11,13H,3-4,6-7H2. The average Bonchev–Trinajstić information content (AvgIpc) is 2.90. The van der Waals surface area contributed by atoms with Crippen molar-refractivity contribution in [2.75, 3.05) is 13.1 Å². The molecular weight excluding hydrogens is 214 g/mol. The van der Waals surface area contributed by atoms with Crippen LogP contribution in [0.15, 0.2) is 30.7 Å². The van der Waals surface area contributed by atoms with Crippen LogP contribution in [-0.4, -0.2) is 33.1 Å². The van der Waals surface area contributed by atoms with E-state index in [4.69, 9.17) is 0 Å². The Morgan fingerprint density at radius 1 is 1.29 bits per heavy atom. The van der Waals surface area contributed by atoms with E-state index >= 15 is 0 Å². The molecular formula is C12H15N5. The molecule has 0 aromatic carbocycles. The molecule has 1 N–H and O–H groups in total. The Hall–Kier alpha value is -1.75. The third-order valence-electron chi connectivity index (χ3n) is 3.15. The third-order valence-corrected chi connectivity index (χ3v) is 3.15. The van der Waals surface area contributed by atoms with Crippen molar-refractivity contribution < 1.29 is 0 Å². The van der Waals surface area contributed by atoms with E-state index in [1.54, 1.807) is 6.20 Å². The summed E-state index contributed by atoms with van der Waals surface area (Å²) < 4.78 is 1.99. The first-order valence-electron chi connectivity index (χ1n) is 5.96. The summed E-state index contributed by atoms with van der Waals surface area (Å²) in [7, 11) is 0. The minimum Gasteiger partial charge on any atom is -0.317 e. The molecule has 0 spiro atoms. The number of nitrogens with zero attached hydrogens (tertiary/aromatic N) is 4. The van der Waals surface area contributed by atoms with Crippen molar-refractivity contribution in [3.8, 4) is 11.3 Å². The van der Waals surface area contributed by atoms with Crippen molar-refractivity contribution in [1.29, 1.82) is 0 Å². The number of hydrogen-bond acceptors (Lipinski definition) is 4. The summed E-state index contributed by atoms with van der Waals surface area (Å²) >= 11 is 0. The number of nitrogens with one attached hydrogen (secondary N) is 1. The highest BCUT2D eigenvalue weighted by molar-refractivity contribution is 5.55. The number of rotatable bonds is 2. The molecule has 1 aliphatic heterocycles. The smallest absolute Gasteiger partial charge is 0.114 e. The lowest BCUT2D eigenvalue weighted by Gasteiger charge is -2.22. The summed E-state index contributed by atoms with van der Waals surface area (Å²) in [5.74, 6) is 0. The van der Waals surface area contributed by atoms with E-state index in [1.165, 1.54) is 0 Å². The van der Waals surface area contributed by atoms with E-state index in [2.05, 4.69) is 20.6 Å². The summed E-state index contributed by atoms with van der Waals surface area (Å²) in [5, 5.41) is 11.8. The fourth-order valence-electron chi connectivity index (χ4n) is 2.17. The molecule has 1 fully saturated rings. The van der Waals surface area contributed by atoms with E-state index in [-0.39, 0.29) is 0 Å². The molecule has 5 heteroatoms. The van der Waals surface area contributed by atoms with Gasteiger partial charge in [0.2, 0.25) is 0 Å². The Kier molecular flexibility index (Phi) is 2.83. The highest BCUT2D eigenvalue weighted by Gasteiger charge is 2.16. The van der Waals surface area contributed by atoms with Crippen LogP contribution in [0.2, 0.25) is 0 Å². The summed E-state index contributed by atoms with van der Waals surface area (Å²) in [4.78, 5) is 4.10. The number of aromatic nitrogens is 4. The SMILES string of the molecule is c1cncc(-c2cn(C3CCNCC3)nn2)c1. The predicted octanol–water partition coefficient (Wildman–Crippen LogP) is 1.26. The normalized spacial score (nSPS) is 17.2. The zero-order valence-electron chi connectivity index (χ0n) is 9.58. The monoisotopic (exact) mass is 229 g/mol. The van der Waals surface area contributed by atoms with E-state index < -0.39 is 0 Å². The summed E-state index contributed by atoms with van der Waals surface area (Å²) in [5.41, 5.74) is 1.92. The molecule has 0 saturated carbocycles. The van der Waals surface area contributed by atoms with Gasteiger partial charge in [0.25, 0.3) is 0 Å². The highest BCUT2D eigenvalue weighted by atomic mass is 15.4. The van der Waals surface area contributed by atoms with Crippen molar-refractivity contribution in [3.63, 3.8) is 0 Å². The van der Waals surface area contributed by atoms with Crippen LogP contribution in [-0.2, 0) is 0 Å². The van der Waals surface area contributed by atoms with E-state index in [1.807, 2.05) is 29.2 Å². The van der Waals surface area contributed by atoms with Gasteiger partial charge in [-0.15, -0.1) is 5.10 Å². The molecule has 0 radical (unpaired) electrons. The molecule has 0 aliphatic carbocycles. The Morgan fingerprint density at radius 3 is 2.94 bits per heavy atom. The molecule has 0 amide bonds. The molecule has 3 rings (SSSR count). The first-order chi connectivity index (χ1) is 8.43. The molecule has 17 heavy (non-hydrogen) atoms. The van der Waals surface area contributed by atoms with Crippen LogP contribution in [0.4, 0.5) is 0 Å². The maximum Gasteiger partial charge on any atom is 0.114 e. The second kappa shape index (κ2) is 4.63. The fraction of sp³-hybridized carbons (Fsp3) is 0.417. The molecule has 0 unspecified atom stereocenters. The van der Waals surface area contributed by atoms with Gasteiger partial charge in [0.15, 0.2) is 0 Å². The largest absolute Gasteiger partial charge is 0.317 e. The van der Waals surface area contributed by atoms with Crippen LogP contribution in [0, 0.1) is 0 Å². The third kappa shape index (κ3) is 2.19. The lowest BCUT2D eigenvalue weighted by atomic mass is 10.1. The van der Waals surface area contributed by atoms with Gasteiger partial charge in [0.1, 0.15) is 5.69 Å². The molecule has 0 bridgehead atoms. The fourth-order valence-corrected chi connectivity index (χ4v) is 2.17. The quantitative estimate of drug-likeness (QED) is 0.842. The van der Waals surface area contributed by atoms with Gasteiger partial charge < -0.3 is 5.32 Å². The van der Waals surface area contributed by atoms with Crippen molar-refractivity contribution >= 4 is 0 Å². The molecule has 1 saturated heterocycles. The van der Waals surface area contributed by atoms with Crippen molar-refractivity contribution in [3.05, 3.63) is 30.7 Å². The van der Waals surface area contributed by atoms with Crippen LogP contribution in [0.5, 0.6) is 0 Å². The van der Waals surface area contributed by atoms with Crippen molar-refractivity contribution in [2.24, 2.45) is 0 Å². The van der Waals surface area contributed by atoms with Crippen molar-refractivity contribution in [2.45, 2.75) is 18.9 Å². The first-order valence-corrected chi connectivity index (χ1v) is 5.96. The molecule has 2 aromatic rings. The number of hydrogen-bond donors (Lipinski definition) is 1. The zero-order valence-corrected chi connectivity index (χ0v) is 9.58. The van der Waals surface area contributed by atoms with Gasteiger partial charge >= 0.3 is 0 Å². The van der Waals surface area contributed by atoms with Gasteiger partial charge in [-0.1, -0.05) is 5.21 Å². The van der Waals surface area contributed by atoms with E-state index in [0.717, 1.165) is 37.2 Å². The topological polar surface area (TPSA) is 55.6 Å². The van der Waals surface area contributed by atoms with Gasteiger partial charge in [-0.3, -0.25) is 4.98 Å². The van der Waals surface area contributed by atoms with Crippen LogP contribution < -0.4 is 5.32 Å². The summed E-state index contributed by atoms with van der Waals surface area (Å²) in [6.45, 7) is 2.12. The summed E-state index contributed by atoms with van der Waals surface area (Å²) in [6, 6.07) is 4.40. The lowest BCUT2D eigenvalue weighted by molar-refractivity contribution is 0.337. The average molecular weight is 229 g/mol. The van der Waals surface area contributed by atoms with E-state index in [9.17, 15) is 0 Å². The molecule has 5 nitrogen and oxygen atoms in total. The number of piperidine rings is 1. The zero-order chi connectivity index (χ0) is 11.5. The first kappa shape index (κ1) is 10.4. The second-order valence-electron chi connectivity index (χ2n) is 4.31. The second-order valence-corrected chi connectivity index (χ2v) is 4.31. The molecule has 0 atom stereocenters. The van der Waals surface area contributed by atoms with Gasteiger partial charge in [-0.2, -0.15) is 0 Å². The molecule has 3 heterocycles. The molecule has 1 aliphatic rings. The van der Waals surface area contributed by atoms with Crippen LogP contribution >= 0.6 is 0 Å². The van der Waals surface area contributed by atoms with Gasteiger partial charge in [0, 0.05) is 18.0 Å². The van der Waals surface area contributed by atoms with Gasteiger partial charge in [0.05, 0.1) is 12.2 Å². The highest BCUT2D eigenvalue weighted by Crippen LogP contribution is 2.20. The van der Waals surface area contributed by atoms with Crippen LogP contribution in [0.3, 0.4) is 0 Å². The maximum atomic E-state index is 4.23.